The predicted molar refractivity (Wildman–Crippen MR) is 92.2 cm³/mol. The smallest absolute Gasteiger partial charge is 0.257 e. The summed E-state index contributed by atoms with van der Waals surface area (Å²) in [6.45, 7) is 1.76. The molecule has 0 radical (unpaired) electrons. The van der Waals surface area contributed by atoms with Crippen LogP contribution < -0.4 is 9.47 Å². The zero-order valence-electron chi connectivity index (χ0n) is 14.7. The fourth-order valence-corrected chi connectivity index (χ4v) is 3.60. The van der Waals surface area contributed by atoms with E-state index in [1.165, 1.54) is 0 Å². The van der Waals surface area contributed by atoms with E-state index in [0.29, 0.717) is 55.5 Å². The molecule has 1 N–H and O–H groups in total. The highest BCUT2D eigenvalue weighted by atomic mass is 16.6. The Morgan fingerprint density at radius 3 is 3.00 bits per heavy atom. The first-order valence-corrected chi connectivity index (χ1v) is 8.79. The first-order chi connectivity index (χ1) is 12.6. The number of nitrogens with zero attached hydrogens (tertiary/aromatic N) is 4. The van der Waals surface area contributed by atoms with Gasteiger partial charge in [-0.3, -0.25) is 4.79 Å². The second-order valence-electron chi connectivity index (χ2n) is 6.92. The molecule has 2 aliphatic heterocycles. The lowest BCUT2D eigenvalue weighted by molar-refractivity contribution is -0.0259. The third-order valence-corrected chi connectivity index (χ3v) is 4.93. The minimum absolute atomic E-state index is 0.150. The molecule has 1 atom stereocenters. The zero-order chi connectivity index (χ0) is 18.1. The zero-order valence-corrected chi connectivity index (χ0v) is 14.7. The Balaban J connectivity index is 1.54. The van der Waals surface area contributed by atoms with Gasteiger partial charge in [-0.1, -0.05) is 6.07 Å². The highest BCUT2D eigenvalue weighted by molar-refractivity contribution is 5.98. The second kappa shape index (κ2) is 6.60. The van der Waals surface area contributed by atoms with E-state index < -0.39 is 5.60 Å². The van der Waals surface area contributed by atoms with Gasteiger partial charge < -0.3 is 24.0 Å². The molecular weight excluding hydrogens is 336 g/mol. The molecule has 2 aromatic rings. The fourth-order valence-electron chi connectivity index (χ4n) is 3.60. The molecule has 0 spiro atoms. The van der Waals surface area contributed by atoms with Crippen molar-refractivity contribution in [3.05, 3.63) is 35.9 Å². The van der Waals surface area contributed by atoms with Gasteiger partial charge in [-0.2, -0.15) is 0 Å². The van der Waals surface area contributed by atoms with Crippen molar-refractivity contribution in [3.8, 4) is 11.5 Å². The number of β-amino-alcohol motifs (C(OH)–C–C–N with tert-alkyl or cyclic N) is 1. The number of hydrogen-bond donors (Lipinski definition) is 1. The van der Waals surface area contributed by atoms with E-state index in [4.69, 9.17) is 9.47 Å². The maximum atomic E-state index is 13.1. The predicted octanol–water partition coefficient (Wildman–Crippen LogP) is 0.796. The average molecular weight is 358 g/mol. The van der Waals surface area contributed by atoms with Crippen LogP contribution in [0.3, 0.4) is 0 Å². The van der Waals surface area contributed by atoms with E-state index >= 15 is 0 Å². The molecule has 8 heteroatoms. The molecule has 0 bridgehead atoms. The van der Waals surface area contributed by atoms with E-state index in [9.17, 15) is 9.90 Å². The molecule has 3 heterocycles. The Labute approximate surface area is 151 Å². The minimum atomic E-state index is -1.01. The third kappa shape index (κ3) is 3.12. The lowest BCUT2D eigenvalue weighted by atomic mass is 9.89. The third-order valence-electron chi connectivity index (χ3n) is 4.93. The van der Waals surface area contributed by atoms with Crippen LogP contribution in [0.4, 0.5) is 0 Å². The topological polar surface area (TPSA) is 89.7 Å². The Hall–Kier alpha value is -2.61. The summed E-state index contributed by atoms with van der Waals surface area (Å²) in [5.74, 6) is 1.64. The molecule has 1 amide bonds. The summed E-state index contributed by atoms with van der Waals surface area (Å²) in [5.41, 5.74) is -0.536. The van der Waals surface area contributed by atoms with Gasteiger partial charge in [0.25, 0.3) is 5.91 Å². The van der Waals surface area contributed by atoms with Crippen LogP contribution in [-0.4, -0.2) is 62.6 Å². The number of likely N-dealkylation sites (tertiary alicyclic amines) is 1. The van der Waals surface area contributed by atoms with Crippen molar-refractivity contribution in [2.75, 3.05) is 26.3 Å². The number of fused-ring (bicyclic) bond motifs is 1. The number of aromatic nitrogens is 3. The number of benzene rings is 1. The number of ether oxygens (including phenoxy) is 2. The Kier molecular flexibility index (Phi) is 4.28. The second-order valence-corrected chi connectivity index (χ2v) is 6.92. The summed E-state index contributed by atoms with van der Waals surface area (Å²) >= 11 is 0. The van der Waals surface area contributed by atoms with Crippen molar-refractivity contribution in [1.82, 2.24) is 19.7 Å². The maximum absolute atomic E-state index is 13.1. The van der Waals surface area contributed by atoms with Gasteiger partial charge in [0.2, 0.25) is 0 Å². The monoisotopic (exact) mass is 358 g/mol. The molecule has 1 aromatic heterocycles. The van der Waals surface area contributed by atoms with Gasteiger partial charge >= 0.3 is 0 Å². The first kappa shape index (κ1) is 16.8. The molecule has 0 aliphatic carbocycles. The molecule has 2 aliphatic rings. The number of aliphatic hydroxyl groups is 1. The van der Waals surface area contributed by atoms with Crippen molar-refractivity contribution in [3.63, 3.8) is 0 Å². The minimum Gasteiger partial charge on any atom is -0.486 e. The summed E-state index contributed by atoms with van der Waals surface area (Å²) in [6, 6.07) is 5.33. The van der Waals surface area contributed by atoms with Gasteiger partial charge in [0.15, 0.2) is 11.5 Å². The number of piperidine rings is 1. The molecule has 1 saturated heterocycles. The number of aryl methyl sites for hydroxylation is 1. The summed E-state index contributed by atoms with van der Waals surface area (Å²) in [6.07, 6.45) is 3.32. The summed E-state index contributed by atoms with van der Waals surface area (Å²) in [5, 5.41) is 19.0. The lowest BCUT2D eigenvalue weighted by Crippen LogP contribution is -2.51. The maximum Gasteiger partial charge on any atom is 0.257 e. The van der Waals surface area contributed by atoms with E-state index in [-0.39, 0.29) is 12.5 Å². The van der Waals surface area contributed by atoms with E-state index in [1.807, 2.05) is 7.05 Å². The van der Waals surface area contributed by atoms with Crippen LogP contribution in [0, 0.1) is 0 Å². The van der Waals surface area contributed by atoms with Crippen LogP contribution >= 0.6 is 0 Å². The Morgan fingerprint density at radius 1 is 1.35 bits per heavy atom. The van der Waals surface area contributed by atoms with Crippen molar-refractivity contribution in [2.45, 2.75) is 24.9 Å². The van der Waals surface area contributed by atoms with Gasteiger partial charge in [-0.25, -0.2) is 0 Å². The van der Waals surface area contributed by atoms with Crippen molar-refractivity contribution >= 4 is 5.91 Å². The van der Waals surface area contributed by atoms with Crippen LogP contribution in [0.1, 0.15) is 29.0 Å². The van der Waals surface area contributed by atoms with Crippen LogP contribution in [0.15, 0.2) is 24.5 Å². The number of carbonyl (C=O) groups is 1. The number of rotatable bonds is 3. The number of hydrogen-bond acceptors (Lipinski definition) is 6. The number of para-hydroxylation sites is 1. The van der Waals surface area contributed by atoms with Gasteiger partial charge in [0, 0.05) is 20.0 Å². The molecule has 1 fully saturated rings. The summed E-state index contributed by atoms with van der Waals surface area (Å²) in [7, 11) is 1.85. The van der Waals surface area contributed by atoms with Crippen LogP contribution in [0.2, 0.25) is 0 Å². The van der Waals surface area contributed by atoms with Gasteiger partial charge in [-0.15, -0.1) is 10.2 Å². The lowest BCUT2D eigenvalue weighted by Gasteiger charge is -2.39. The molecule has 0 saturated carbocycles. The highest BCUT2D eigenvalue weighted by Gasteiger charge is 2.37. The van der Waals surface area contributed by atoms with E-state index in [0.717, 1.165) is 6.42 Å². The molecule has 8 nitrogen and oxygen atoms in total. The van der Waals surface area contributed by atoms with Crippen molar-refractivity contribution < 1.29 is 19.4 Å². The van der Waals surface area contributed by atoms with Crippen LogP contribution in [0.5, 0.6) is 11.5 Å². The molecule has 4 rings (SSSR count). The quantitative estimate of drug-likeness (QED) is 0.873. The average Bonchev–Trinajstić information content (AvgIpc) is 3.04. The van der Waals surface area contributed by atoms with Crippen LogP contribution in [0.25, 0.3) is 0 Å². The fraction of sp³-hybridized carbons (Fsp3) is 0.500. The van der Waals surface area contributed by atoms with Crippen molar-refractivity contribution in [1.29, 1.82) is 0 Å². The highest BCUT2D eigenvalue weighted by Crippen LogP contribution is 2.35. The van der Waals surface area contributed by atoms with Gasteiger partial charge in [-0.05, 0) is 25.0 Å². The normalized spacial score (nSPS) is 22.3. The van der Waals surface area contributed by atoms with E-state index in [2.05, 4.69) is 10.2 Å². The number of carbonyl (C=O) groups excluding carboxylic acids is 1. The molecule has 138 valence electrons. The Morgan fingerprint density at radius 2 is 2.19 bits per heavy atom. The summed E-state index contributed by atoms with van der Waals surface area (Å²) < 4.78 is 13.0. The van der Waals surface area contributed by atoms with Crippen LogP contribution in [-0.2, 0) is 13.5 Å². The molecule has 1 unspecified atom stereocenters. The SMILES string of the molecule is Cn1cnnc1CC1(O)CCCN(C(=O)c2cccc3c2OCCO3)C1. The summed E-state index contributed by atoms with van der Waals surface area (Å²) in [4.78, 5) is 14.8. The molecule has 1 aromatic carbocycles. The standard InChI is InChI=1S/C18H22N4O4/c1-21-12-19-20-15(21)10-18(24)6-3-7-22(11-18)17(23)13-4-2-5-14-16(13)26-9-8-25-14/h2,4-5,12,24H,3,6-11H2,1H3. The van der Waals surface area contributed by atoms with Gasteiger partial charge in [0.05, 0.1) is 17.7 Å². The van der Waals surface area contributed by atoms with E-state index in [1.54, 1.807) is 34.0 Å². The van der Waals surface area contributed by atoms with Gasteiger partial charge in [0.1, 0.15) is 25.4 Å². The van der Waals surface area contributed by atoms with Crippen molar-refractivity contribution in [2.24, 2.45) is 7.05 Å². The largest absolute Gasteiger partial charge is 0.486 e. The first-order valence-electron chi connectivity index (χ1n) is 8.79. The Bertz CT molecular complexity index is 821. The molecule has 26 heavy (non-hydrogen) atoms. The number of amides is 1. The molecular formula is C18H22N4O4.